The fourth-order valence-electron chi connectivity index (χ4n) is 8.51. The standard InChI is InChI=1S/C52H34N2O/c1-4-15-35(16-5-1)36-27-30-41(31-28-36)53(39-18-6-2-7-19-39)47-34-37-17-10-11-22-43(37)52-51(47)45-33-38(29-32-46(45)54(52)40-20-8-3-9-21-40)42-24-14-26-49-50(42)44-23-12-13-25-48(44)55-49/h1-34H. The number of nitrogens with zero attached hydrogens (tertiary/aromatic N) is 2. The molecule has 11 rings (SSSR count). The molecule has 0 fully saturated rings. The van der Waals surface area contributed by atoms with E-state index < -0.39 is 0 Å². The van der Waals surface area contributed by atoms with Crippen LogP contribution >= 0.6 is 0 Å². The first kappa shape index (κ1) is 31.2. The summed E-state index contributed by atoms with van der Waals surface area (Å²) in [5, 5.41) is 7.03. The number of para-hydroxylation sites is 3. The number of rotatable bonds is 6. The van der Waals surface area contributed by atoms with Gasteiger partial charge in [-0.25, -0.2) is 0 Å². The van der Waals surface area contributed by atoms with Crippen LogP contribution in [0.4, 0.5) is 17.1 Å². The molecular weight excluding hydrogens is 669 g/mol. The summed E-state index contributed by atoms with van der Waals surface area (Å²) in [7, 11) is 0. The molecule has 0 saturated carbocycles. The molecule has 0 spiro atoms. The van der Waals surface area contributed by atoms with Crippen LogP contribution in [-0.2, 0) is 0 Å². The molecule has 0 N–H and O–H groups in total. The molecule has 9 aromatic carbocycles. The average Bonchev–Trinajstić information content (AvgIpc) is 3.81. The zero-order chi connectivity index (χ0) is 36.3. The van der Waals surface area contributed by atoms with Crippen LogP contribution in [-0.4, -0.2) is 4.57 Å². The first-order valence-corrected chi connectivity index (χ1v) is 18.8. The molecule has 2 heterocycles. The van der Waals surface area contributed by atoms with Crippen LogP contribution in [0.5, 0.6) is 0 Å². The van der Waals surface area contributed by atoms with Crippen molar-refractivity contribution in [3.05, 3.63) is 206 Å². The highest BCUT2D eigenvalue weighted by molar-refractivity contribution is 6.25. The fraction of sp³-hybridized carbons (Fsp3) is 0. The van der Waals surface area contributed by atoms with Gasteiger partial charge in [0, 0.05) is 44.0 Å². The predicted octanol–water partition coefficient (Wildman–Crippen LogP) is 14.6. The lowest BCUT2D eigenvalue weighted by molar-refractivity contribution is 0.669. The summed E-state index contributed by atoms with van der Waals surface area (Å²) in [4.78, 5) is 2.43. The molecule has 0 bridgehead atoms. The highest BCUT2D eigenvalue weighted by Gasteiger charge is 2.24. The second-order valence-corrected chi connectivity index (χ2v) is 14.1. The molecule has 0 radical (unpaired) electrons. The monoisotopic (exact) mass is 702 g/mol. The molecule has 0 aliphatic heterocycles. The van der Waals surface area contributed by atoms with Crippen molar-refractivity contribution in [2.24, 2.45) is 0 Å². The molecule has 0 aliphatic rings. The van der Waals surface area contributed by atoms with E-state index in [0.29, 0.717) is 0 Å². The molecule has 55 heavy (non-hydrogen) atoms. The van der Waals surface area contributed by atoms with Crippen LogP contribution < -0.4 is 4.90 Å². The van der Waals surface area contributed by atoms with Gasteiger partial charge < -0.3 is 13.9 Å². The molecule has 0 unspecified atom stereocenters. The van der Waals surface area contributed by atoms with Crippen molar-refractivity contribution in [1.29, 1.82) is 0 Å². The maximum Gasteiger partial charge on any atom is 0.136 e. The van der Waals surface area contributed by atoms with Crippen LogP contribution in [0.15, 0.2) is 211 Å². The van der Waals surface area contributed by atoms with Gasteiger partial charge >= 0.3 is 0 Å². The zero-order valence-corrected chi connectivity index (χ0v) is 29.9. The van der Waals surface area contributed by atoms with E-state index >= 15 is 0 Å². The van der Waals surface area contributed by atoms with Crippen LogP contribution in [0, 0.1) is 0 Å². The third-order valence-electron chi connectivity index (χ3n) is 10.9. The molecule has 11 aromatic rings. The van der Waals surface area contributed by atoms with E-state index in [4.69, 9.17) is 4.42 Å². The number of furan rings is 1. The summed E-state index contributed by atoms with van der Waals surface area (Å²) in [5.74, 6) is 0. The summed E-state index contributed by atoms with van der Waals surface area (Å²) < 4.78 is 8.81. The first-order valence-electron chi connectivity index (χ1n) is 18.8. The summed E-state index contributed by atoms with van der Waals surface area (Å²) >= 11 is 0. The van der Waals surface area contributed by atoms with E-state index in [1.165, 1.54) is 38.2 Å². The van der Waals surface area contributed by atoms with Gasteiger partial charge in [-0.3, -0.25) is 0 Å². The number of hydrogen-bond acceptors (Lipinski definition) is 2. The van der Waals surface area contributed by atoms with Gasteiger partial charge in [0.25, 0.3) is 0 Å². The summed E-state index contributed by atoms with van der Waals surface area (Å²) in [5.41, 5.74) is 13.3. The summed E-state index contributed by atoms with van der Waals surface area (Å²) in [6, 6.07) is 74.0. The second kappa shape index (κ2) is 12.6. The molecule has 0 atom stereocenters. The van der Waals surface area contributed by atoms with Crippen LogP contribution in [0.3, 0.4) is 0 Å². The molecule has 258 valence electrons. The van der Waals surface area contributed by atoms with Crippen LogP contribution in [0.1, 0.15) is 0 Å². The van der Waals surface area contributed by atoms with Crippen molar-refractivity contribution in [3.8, 4) is 27.9 Å². The number of hydrogen-bond donors (Lipinski definition) is 0. The minimum Gasteiger partial charge on any atom is -0.456 e. The van der Waals surface area contributed by atoms with Crippen molar-refractivity contribution in [3.63, 3.8) is 0 Å². The van der Waals surface area contributed by atoms with Gasteiger partial charge in [0.1, 0.15) is 11.2 Å². The third-order valence-corrected chi connectivity index (χ3v) is 10.9. The maximum absolute atomic E-state index is 6.36. The summed E-state index contributed by atoms with van der Waals surface area (Å²) in [6.45, 7) is 0. The molecule has 0 saturated heterocycles. The molecule has 3 nitrogen and oxygen atoms in total. The second-order valence-electron chi connectivity index (χ2n) is 14.1. The van der Waals surface area contributed by atoms with Gasteiger partial charge in [0.2, 0.25) is 0 Å². The highest BCUT2D eigenvalue weighted by atomic mass is 16.3. The molecule has 2 aromatic heterocycles. The van der Waals surface area contributed by atoms with E-state index in [2.05, 4.69) is 210 Å². The summed E-state index contributed by atoms with van der Waals surface area (Å²) in [6.07, 6.45) is 0. The van der Waals surface area contributed by atoms with Crippen molar-refractivity contribution in [2.45, 2.75) is 0 Å². The Labute approximate surface area is 318 Å². The quantitative estimate of drug-likeness (QED) is 0.172. The minimum atomic E-state index is 0.895. The predicted molar refractivity (Wildman–Crippen MR) is 231 cm³/mol. The minimum absolute atomic E-state index is 0.895. The lowest BCUT2D eigenvalue weighted by Gasteiger charge is -2.27. The average molecular weight is 703 g/mol. The van der Waals surface area contributed by atoms with Gasteiger partial charge in [-0.05, 0) is 94.4 Å². The van der Waals surface area contributed by atoms with Gasteiger partial charge in [-0.1, -0.05) is 140 Å². The van der Waals surface area contributed by atoms with Crippen molar-refractivity contribution in [1.82, 2.24) is 4.57 Å². The Hall–Kier alpha value is -7.36. The first-order chi connectivity index (χ1) is 27.3. The van der Waals surface area contributed by atoms with Crippen LogP contribution in [0.25, 0.3) is 82.5 Å². The number of aromatic nitrogens is 1. The normalized spacial score (nSPS) is 11.6. The fourth-order valence-corrected chi connectivity index (χ4v) is 8.51. The smallest absolute Gasteiger partial charge is 0.136 e. The Morgan fingerprint density at radius 2 is 1.02 bits per heavy atom. The Balaban J connectivity index is 1.25. The number of fused-ring (bicyclic) bond motifs is 8. The maximum atomic E-state index is 6.36. The van der Waals surface area contributed by atoms with Crippen molar-refractivity contribution >= 4 is 71.6 Å². The Kier molecular flexibility index (Phi) is 7.17. The molecule has 0 amide bonds. The Morgan fingerprint density at radius 3 is 1.82 bits per heavy atom. The SMILES string of the molecule is c1ccc(-c2ccc(N(c3ccccc3)c3cc4ccccc4c4c3c3cc(-c5cccc6oc7ccccc7c56)ccc3n4-c3ccccc3)cc2)cc1. The number of anilines is 3. The van der Waals surface area contributed by atoms with E-state index in [0.717, 1.165) is 61.3 Å². The molecular formula is C52H34N2O. The van der Waals surface area contributed by atoms with Gasteiger partial charge in [-0.15, -0.1) is 0 Å². The van der Waals surface area contributed by atoms with E-state index in [1.54, 1.807) is 0 Å². The van der Waals surface area contributed by atoms with Gasteiger partial charge in [0.05, 0.1) is 16.7 Å². The molecule has 0 aliphatic carbocycles. The Morgan fingerprint density at radius 1 is 0.400 bits per heavy atom. The molecule has 3 heteroatoms. The largest absolute Gasteiger partial charge is 0.456 e. The lowest BCUT2D eigenvalue weighted by Crippen LogP contribution is -2.10. The highest BCUT2D eigenvalue weighted by Crippen LogP contribution is 2.48. The van der Waals surface area contributed by atoms with Crippen molar-refractivity contribution < 1.29 is 4.42 Å². The van der Waals surface area contributed by atoms with Crippen LogP contribution in [0.2, 0.25) is 0 Å². The zero-order valence-electron chi connectivity index (χ0n) is 29.9. The van der Waals surface area contributed by atoms with E-state index in [1.807, 2.05) is 6.07 Å². The Bertz CT molecular complexity index is 3180. The van der Waals surface area contributed by atoms with Crippen molar-refractivity contribution in [2.75, 3.05) is 4.90 Å². The topological polar surface area (TPSA) is 21.3 Å². The number of benzene rings is 9. The lowest BCUT2D eigenvalue weighted by atomic mass is 9.96. The van der Waals surface area contributed by atoms with Gasteiger partial charge in [0.15, 0.2) is 0 Å². The van der Waals surface area contributed by atoms with E-state index in [-0.39, 0.29) is 0 Å². The van der Waals surface area contributed by atoms with Gasteiger partial charge in [-0.2, -0.15) is 0 Å². The van der Waals surface area contributed by atoms with E-state index in [9.17, 15) is 0 Å². The third kappa shape index (κ3) is 5.05.